The normalized spacial score (nSPS) is 35.6. The van der Waals surface area contributed by atoms with E-state index in [9.17, 15) is 15.2 Å². The number of non-ortho nitro benzene ring substituents is 1. The molecule has 0 amide bonds. The topological polar surface area (TPSA) is 100 Å². The van der Waals surface area contributed by atoms with Crippen LogP contribution in [0.25, 0.3) is 0 Å². The van der Waals surface area contributed by atoms with Crippen molar-refractivity contribution in [3.05, 3.63) is 34.4 Å². The van der Waals surface area contributed by atoms with E-state index in [0.717, 1.165) is 0 Å². The van der Waals surface area contributed by atoms with Gasteiger partial charge < -0.3 is 24.1 Å². The van der Waals surface area contributed by atoms with Crippen molar-refractivity contribution in [1.82, 2.24) is 0 Å². The smallest absolute Gasteiger partial charge is 0.269 e. The molecule has 2 heterocycles. The Kier molecular flexibility index (Phi) is 4.01. The Hall–Kier alpha value is -1.74. The van der Waals surface area contributed by atoms with Crippen LogP contribution in [0.3, 0.4) is 0 Å². The third-order valence-corrected chi connectivity index (χ3v) is 3.89. The van der Waals surface area contributed by atoms with Crippen molar-refractivity contribution in [3.8, 4) is 5.75 Å². The molecule has 0 unspecified atom stereocenters. The minimum absolute atomic E-state index is 0.0369. The standard InChI is InChI=1S/C15H19NO7/c1-8-12-13(23-15(2,3)22-12)11(17)14(20-8)21-10-6-4-9(5-7-10)16(18)19/h4-8,11-14,17H,1-3H3/t8-,11-,12+,13-,14+/m0/s1. The number of nitro benzene ring substituents is 1. The molecule has 5 atom stereocenters. The van der Waals surface area contributed by atoms with Gasteiger partial charge in [-0.25, -0.2) is 0 Å². The van der Waals surface area contributed by atoms with Crippen LogP contribution in [0.15, 0.2) is 24.3 Å². The second-order valence-corrected chi connectivity index (χ2v) is 6.13. The van der Waals surface area contributed by atoms with E-state index in [1.54, 1.807) is 13.8 Å². The van der Waals surface area contributed by atoms with E-state index in [0.29, 0.717) is 5.75 Å². The zero-order chi connectivity index (χ0) is 16.8. The third-order valence-electron chi connectivity index (χ3n) is 3.89. The summed E-state index contributed by atoms with van der Waals surface area (Å²) in [6.07, 6.45) is -3.24. The number of aliphatic hydroxyl groups is 1. The first kappa shape index (κ1) is 16.1. The molecule has 3 rings (SSSR count). The van der Waals surface area contributed by atoms with Crippen LogP contribution in [-0.2, 0) is 14.2 Å². The molecule has 2 aliphatic rings. The summed E-state index contributed by atoms with van der Waals surface area (Å²) >= 11 is 0. The van der Waals surface area contributed by atoms with E-state index in [2.05, 4.69) is 0 Å². The lowest BCUT2D eigenvalue weighted by Gasteiger charge is -2.38. The number of aliphatic hydroxyl groups excluding tert-OH is 1. The van der Waals surface area contributed by atoms with Crippen LogP contribution < -0.4 is 4.74 Å². The van der Waals surface area contributed by atoms with Gasteiger partial charge in [0.05, 0.1) is 11.0 Å². The van der Waals surface area contributed by atoms with Crippen molar-refractivity contribution in [2.75, 3.05) is 0 Å². The molecule has 1 aromatic carbocycles. The Morgan fingerprint density at radius 3 is 2.43 bits per heavy atom. The van der Waals surface area contributed by atoms with Crippen LogP contribution in [-0.4, -0.2) is 46.5 Å². The number of hydrogen-bond donors (Lipinski definition) is 1. The van der Waals surface area contributed by atoms with Crippen LogP contribution in [0.1, 0.15) is 20.8 Å². The molecule has 0 radical (unpaired) electrons. The van der Waals surface area contributed by atoms with Crippen molar-refractivity contribution in [1.29, 1.82) is 0 Å². The summed E-state index contributed by atoms with van der Waals surface area (Å²) < 4.78 is 22.8. The number of hydrogen-bond acceptors (Lipinski definition) is 7. The summed E-state index contributed by atoms with van der Waals surface area (Å²) in [5.74, 6) is -0.431. The fraction of sp³-hybridized carbons (Fsp3) is 0.600. The van der Waals surface area contributed by atoms with Gasteiger partial charge in [0.25, 0.3) is 5.69 Å². The number of nitro groups is 1. The van der Waals surface area contributed by atoms with Gasteiger partial charge in [-0.2, -0.15) is 0 Å². The molecule has 126 valence electrons. The fourth-order valence-electron chi connectivity index (χ4n) is 2.85. The minimum Gasteiger partial charge on any atom is -0.462 e. The number of nitrogens with zero attached hydrogens (tertiary/aromatic N) is 1. The summed E-state index contributed by atoms with van der Waals surface area (Å²) in [4.78, 5) is 10.2. The quantitative estimate of drug-likeness (QED) is 0.665. The molecule has 2 fully saturated rings. The predicted molar refractivity (Wildman–Crippen MR) is 77.9 cm³/mol. The summed E-state index contributed by atoms with van der Waals surface area (Å²) in [5.41, 5.74) is -0.0369. The summed E-state index contributed by atoms with van der Waals surface area (Å²) in [7, 11) is 0. The van der Waals surface area contributed by atoms with Crippen molar-refractivity contribution in [2.45, 2.75) is 57.3 Å². The molecule has 2 aliphatic heterocycles. The van der Waals surface area contributed by atoms with Crippen LogP contribution in [0, 0.1) is 10.1 Å². The molecule has 0 spiro atoms. The van der Waals surface area contributed by atoms with E-state index >= 15 is 0 Å². The van der Waals surface area contributed by atoms with E-state index in [-0.39, 0.29) is 17.9 Å². The maximum absolute atomic E-state index is 10.7. The number of fused-ring (bicyclic) bond motifs is 1. The van der Waals surface area contributed by atoms with Gasteiger partial charge in [-0.3, -0.25) is 10.1 Å². The molecule has 1 aromatic rings. The molecular weight excluding hydrogens is 306 g/mol. The van der Waals surface area contributed by atoms with Crippen molar-refractivity contribution in [3.63, 3.8) is 0 Å². The molecule has 0 aliphatic carbocycles. The maximum atomic E-state index is 10.7. The molecule has 0 aromatic heterocycles. The largest absolute Gasteiger partial charge is 0.462 e. The van der Waals surface area contributed by atoms with Gasteiger partial charge in [0.2, 0.25) is 6.29 Å². The van der Waals surface area contributed by atoms with Gasteiger partial charge in [-0.05, 0) is 32.9 Å². The highest BCUT2D eigenvalue weighted by atomic mass is 16.8. The van der Waals surface area contributed by atoms with Gasteiger partial charge >= 0.3 is 0 Å². The Labute approximate surface area is 133 Å². The van der Waals surface area contributed by atoms with Crippen molar-refractivity contribution >= 4 is 5.69 Å². The van der Waals surface area contributed by atoms with Gasteiger partial charge in [0.1, 0.15) is 24.1 Å². The summed E-state index contributed by atoms with van der Waals surface area (Å²) in [5, 5.41) is 21.1. The van der Waals surface area contributed by atoms with Crippen LogP contribution in [0.4, 0.5) is 5.69 Å². The lowest BCUT2D eigenvalue weighted by atomic mass is 10.00. The first-order valence-electron chi connectivity index (χ1n) is 7.37. The zero-order valence-electron chi connectivity index (χ0n) is 13.0. The molecule has 2 saturated heterocycles. The summed E-state index contributed by atoms with van der Waals surface area (Å²) in [6, 6.07) is 5.58. The van der Waals surface area contributed by atoms with E-state index in [1.807, 2.05) is 6.92 Å². The van der Waals surface area contributed by atoms with Crippen molar-refractivity contribution in [2.24, 2.45) is 0 Å². The molecule has 8 nitrogen and oxygen atoms in total. The lowest BCUT2D eigenvalue weighted by molar-refractivity contribution is -0.384. The van der Waals surface area contributed by atoms with Gasteiger partial charge in [0.15, 0.2) is 5.79 Å². The average Bonchev–Trinajstić information content (AvgIpc) is 2.81. The average molecular weight is 325 g/mol. The first-order valence-corrected chi connectivity index (χ1v) is 7.37. The highest BCUT2D eigenvalue weighted by Crippen LogP contribution is 2.37. The number of ether oxygens (including phenoxy) is 4. The van der Waals surface area contributed by atoms with E-state index in [1.165, 1.54) is 24.3 Å². The zero-order valence-corrected chi connectivity index (χ0v) is 13.0. The molecular formula is C15H19NO7. The number of benzene rings is 1. The van der Waals surface area contributed by atoms with E-state index in [4.69, 9.17) is 18.9 Å². The third kappa shape index (κ3) is 3.16. The lowest BCUT2D eigenvalue weighted by Crippen LogP contribution is -2.57. The Bertz CT molecular complexity index is 588. The molecule has 0 saturated carbocycles. The Morgan fingerprint density at radius 1 is 1.22 bits per heavy atom. The first-order chi connectivity index (χ1) is 10.8. The monoisotopic (exact) mass is 325 g/mol. The molecule has 8 heteroatoms. The maximum Gasteiger partial charge on any atom is 0.269 e. The van der Waals surface area contributed by atoms with Gasteiger partial charge in [0, 0.05) is 12.1 Å². The highest BCUT2D eigenvalue weighted by molar-refractivity contribution is 5.36. The predicted octanol–water partition coefficient (Wildman–Crippen LogP) is 1.60. The molecule has 23 heavy (non-hydrogen) atoms. The van der Waals surface area contributed by atoms with Crippen LogP contribution >= 0.6 is 0 Å². The van der Waals surface area contributed by atoms with Crippen molar-refractivity contribution < 1.29 is 29.0 Å². The molecule has 1 N–H and O–H groups in total. The summed E-state index contributed by atoms with van der Waals surface area (Å²) in [6.45, 7) is 5.37. The van der Waals surface area contributed by atoms with Crippen LogP contribution in [0.5, 0.6) is 5.75 Å². The minimum atomic E-state index is -1.03. The highest BCUT2D eigenvalue weighted by Gasteiger charge is 2.54. The van der Waals surface area contributed by atoms with Gasteiger partial charge in [-0.15, -0.1) is 0 Å². The van der Waals surface area contributed by atoms with E-state index < -0.39 is 29.2 Å². The fourth-order valence-corrected chi connectivity index (χ4v) is 2.85. The Balaban J connectivity index is 1.72. The second kappa shape index (κ2) is 5.72. The SMILES string of the molecule is C[C@@H]1O[C@H](Oc2ccc([N+](=O)[O-])cc2)[C@@H](O)[C@@H]2OC(C)(C)O[C@@H]21. The second-order valence-electron chi connectivity index (χ2n) is 6.13. The Morgan fingerprint density at radius 2 is 1.83 bits per heavy atom. The van der Waals surface area contributed by atoms with Gasteiger partial charge in [-0.1, -0.05) is 0 Å². The number of rotatable bonds is 3. The van der Waals surface area contributed by atoms with Crippen LogP contribution in [0.2, 0.25) is 0 Å². The molecule has 0 bridgehead atoms.